The van der Waals surface area contributed by atoms with Crippen molar-refractivity contribution in [2.45, 2.75) is 37.8 Å². The Hall–Kier alpha value is -3.39. The number of likely N-dealkylation sites (tertiary alicyclic amines) is 1. The lowest BCUT2D eigenvalue weighted by Crippen LogP contribution is -2.45. The summed E-state index contributed by atoms with van der Waals surface area (Å²) in [5.74, 6) is -1.74. The van der Waals surface area contributed by atoms with E-state index in [0.29, 0.717) is 13.0 Å². The minimum atomic E-state index is -0.895. The van der Waals surface area contributed by atoms with Crippen LogP contribution in [0.2, 0.25) is 0 Å². The van der Waals surface area contributed by atoms with Gasteiger partial charge in [0.05, 0.1) is 5.92 Å². The van der Waals surface area contributed by atoms with Gasteiger partial charge in [0.2, 0.25) is 0 Å². The van der Waals surface area contributed by atoms with Crippen LogP contribution in [-0.2, 0) is 19.1 Å². The SMILES string of the molecule is COC(CCNC(=O)OCC1c2ccccc2-c2ccccc21)C(=O)N1CCC(C(=O)O)C1C. The molecule has 0 spiro atoms. The van der Waals surface area contributed by atoms with Crippen molar-refractivity contribution in [2.24, 2.45) is 5.92 Å². The van der Waals surface area contributed by atoms with Crippen LogP contribution < -0.4 is 5.32 Å². The first-order valence-electron chi connectivity index (χ1n) is 11.6. The highest BCUT2D eigenvalue weighted by Crippen LogP contribution is 2.44. The largest absolute Gasteiger partial charge is 0.481 e. The van der Waals surface area contributed by atoms with Gasteiger partial charge in [-0.3, -0.25) is 9.59 Å². The van der Waals surface area contributed by atoms with Crippen LogP contribution in [-0.4, -0.2) is 66.9 Å². The maximum Gasteiger partial charge on any atom is 0.407 e. The van der Waals surface area contributed by atoms with E-state index in [9.17, 15) is 19.5 Å². The molecule has 1 aliphatic heterocycles. The molecule has 3 unspecified atom stereocenters. The molecule has 180 valence electrons. The number of nitrogens with zero attached hydrogens (tertiary/aromatic N) is 1. The van der Waals surface area contributed by atoms with Crippen LogP contribution in [0, 0.1) is 5.92 Å². The molecule has 8 nitrogen and oxygen atoms in total. The number of ether oxygens (including phenoxy) is 2. The molecular formula is C26H30N2O6. The van der Waals surface area contributed by atoms with Gasteiger partial charge in [0.25, 0.3) is 5.91 Å². The van der Waals surface area contributed by atoms with Gasteiger partial charge in [0, 0.05) is 38.6 Å². The van der Waals surface area contributed by atoms with E-state index in [0.717, 1.165) is 22.3 Å². The van der Waals surface area contributed by atoms with Gasteiger partial charge < -0.3 is 24.8 Å². The van der Waals surface area contributed by atoms with Gasteiger partial charge >= 0.3 is 12.1 Å². The van der Waals surface area contributed by atoms with Gasteiger partial charge in [0.1, 0.15) is 12.7 Å². The number of alkyl carbamates (subject to hydrolysis) is 1. The van der Waals surface area contributed by atoms with Gasteiger partial charge in [-0.2, -0.15) is 0 Å². The molecule has 3 atom stereocenters. The normalized spacial score (nSPS) is 19.9. The molecule has 2 aliphatic rings. The number of hydrogen-bond acceptors (Lipinski definition) is 5. The third-order valence-electron chi connectivity index (χ3n) is 6.93. The van der Waals surface area contributed by atoms with E-state index in [4.69, 9.17) is 9.47 Å². The summed E-state index contributed by atoms with van der Waals surface area (Å²) >= 11 is 0. The average Bonchev–Trinajstić information content (AvgIpc) is 3.38. The number of nitrogens with one attached hydrogen (secondary N) is 1. The predicted molar refractivity (Wildman–Crippen MR) is 125 cm³/mol. The fourth-order valence-corrected chi connectivity index (χ4v) is 5.06. The molecule has 1 saturated heterocycles. The lowest BCUT2D eigenvalue weighted by atomic mass is 9.98. The number of carbonyl (C=O) groups is 3. The van der Waals surface area contributed by atoms with E-state index in [1.54, 1.807) is 11.8 Å². The summed E-state index contributed by atoms with van der Waals surface area (Å²) in [5.41, 5.74) is 4.60. The van der Waals surface area contributed by atoms with Crippen molar-refractivity contribution in [3.8, 4) is 11.1 Å². The fourth-order valence-electron chi connectivity index (χ4n) is 5.06. The predicted octanol–water partition coefficient (Wildman–Crippen LogP) is 3.25. The molecule has 1 heterocycles. The standard InChI is InChI=1S/C26H30N2O6/c1-16-17(25(30)31)12-14-28(16)24(29)23(33-2)11-13-27-26(32)34-15-22-20-9-5-3-7-18(20)19-8-4-6-10-21(19)22/h3-10,16-17,22-23H,11-15H2,1-2H3,(H,27,32)(H,30,31). The smallest absolute Gasteiger partial charge is 0.407 e. The summed E-state index contributed by atoms with van der Waals surface area (Å²) in [7, 11) is 1.44. The molecule has 0 aromatic heterocycles. The Morgan fingerprint density at radius 2 is 1.71 bits per heavy atom. The highest BCUT2D eigenvalue weighted by atomic mass is 16.5. The minimum Gasteiger partial charge on any atom is -0.481 e. The zero-order valence-electron chi connectivity index (χ0n) is 19.4. The summed E-state index contributed by atoms with van der Waals surface area (Å²) in [4.78, 5) is 38.1. The maximum atomic E-state index is 12.8. The van der Waals surface area contributed by atoms with Crippen LogP contribution in [0.5, 0.6) is 0 Å². The van der Waals surface area contributed by atoms with Crippen LogP contribution in [0.4, 0.5) is 4.79 Å². The Labute approximate surface area is 198 Å². The number of methoxy groups -OCH3 is 1. The lowest BCUT2D eigenvalue weighted by Gasteiger charge is -2.27. The van der Waals surface area contributed by atoms with Crippen LogP contribution in [0.15, 0.2) is 48.5 Å². The van der Waals surface area contributed by atoms with E-state index in [1.807, 2.05) is 24.3 Å². The molecule has 8 heteroatoms. The fraction of sp³-hybridized carbons (Fsp3) is 0.423. The Morgan fingerprint density at radius 3 is 2.26 bits per heavy atom. The lowest BCUT2D eigenvalue weighted by molar-refractivity contribution is -0.146. The summed E-state index contributed by atoms with van der Waals surface area (Å²) < 4.78 is 10.9. The number of carboxylic acid groups (broad SMARTS) is 1. The quantitative estimate of drug-likeness (QED) is 0.619. The summed E-state index contributed by atoms with van der Waals surface area (Å²) in [6.45, 7) is 2.54. The number of benzene rings is 2. The Balaban J connectivity index is 1.28. The number of hydrogen-bond donors (Lipinski definition) is 2. The first-order chi connectivity index (χ1) is 16.4. The number of amides is 2. The molecule has 0 radical (unpaired) electrons. The highest BCUT2D eigenvalue weighted by Gasteiger charge is 2.40. The van der Waals surface area contributed by atoms with Gasteiger partial charge in [-0.15, -0.1) is 0 Å². The Kier molecular flexibility index (Phi) is 7.17. The van der Waals surface area contributed by atoms with Gasteiger partial charge in [-0.25, -0.2) is 4.79 Å². The van der Waals surface area contributed by atoms with Crippen molar-refractivity contribution in [1.82, 2.24) is 10.2 Å². The number of aliphatic carboxylic acids is 1. The molecule has 2 amide bonds. The topological polar surface area (TPSA) is 105 Å². The van der Waals surface area contributed by atoms with E-state index in [-0.39, 0.29) is 31.4 Å². The van der Waals surface area contributed by atoms with Crippen molar-refractivity contribution in [2.75, 3.05) is 26.8 Å². The molecule has 1 aliphatic carbocycles. The zero-order valence-corrected chi connectivity index (χ0v) is 19.4. The molecule has 0 saturated carbocycles. The van der Waals surface area contributed by atoms with Crippen LogP contribution in [0.1, 0.15) is 36.8 Å². The monoisotopic (exact) mass is 466 g/mol. The Bertz CT molecular complexity index is 1030. The first kappa shape index (κ1) is 23.8. The number of carbonyl (C=O) groups excluding carboxylic acids is 2. The molecule has 4 rings (SSSR count). The van der Waals surface area contributed by atoms with Crippen LogP contribution >= 0.6 is 0 Å². The summed E-state index contributed by atoms with van der Waals surface area (Å²) in [6.07, 6.45) is -0.620. The molecule has 1 fully saturated rings. The molecule has 2 aromatic carbocycles. The molecule has 34 heavy (non-hydrogen) atoms. The second-order valence-corrected chi connectivity index (χ2v) is 8.77. The van der Waals surface area contributed by atoms with E-state index in [1.165, 1.54) is 7.11 Å². The van der Waals surface area contributed by atoms with E-state index in [2.05, 4.69) is 29.6 Å². The first-order valence-corrected chi connectivity index (χ1v) is 11.6. The van der Waals surface area contributed by atoms with Gasteiger partial charge in [-0.1, -0.05) is 48.5 Å². The summed E-state index contributed by atoms with van der Waals surface area (Å²) in [5, 5.41) is 12.0. The maximum absolute atomic E-state index is 12.8. The highest BCUT2D eigenvalue weighted by molar-refractivity contribution is 5.83. The van der Waals surface area contributed by atoms with Crippen molar-refractivity contribution in [3.05, 3.63) is 59.7 Å². The third-order valence-corrected chi connectivity index (χ3v) is 6.93. The van der Waals surface area contributed by atoms with Crippen molar-refractivity contribution >= 4 is 18.0 Å². The molecule has 0 bridgehead atoms. The number of rotatable bonds is 8. The average molecular weight is 467 g/mol. The van der Waals surface area contributed by atoms with Crippen molar-refractivity contribution < 1.29 is 29.0 Å². The molecule has 2 N–H and O–H groups in total. The van der Waals surface area contributed by atoms with Crippen molar-refractivity contribution in [3.63, 3.8) is 0 Å². The number of carboxylic acids is 1. The van der Waals surface area contributed by atoms with Crippen molar-refractivity contribution in [1.29, 1.82) is 0 Å². The van der Waals surface area contributed by atoms with E-state index >= 15 is 0 Å². The Morgan fingerprint density at radius 1 is 1.09 bits per heavy atom. The van der Waals surface area contributed by atoms with E-state index < -0.39 is 30.1 Å². The number of fused-ring (bicyclic) bond motifs is 3. The third kappa shape index (κ3) is 4.63. The zero-order chi connectivity index (χ0) is 24.2. The molecule has 2 aromatic rings. The minimum absolute atomic E-state index is 0.0229. The van der Waals surface area contributed by atoms with Gasteiger partial charge in [-0.05, 0) is 35.6 Å². The van der Waals surface area contributed by atoms with Crippen LogP contribution in [0.25, 0.3) is 11.1 Å². The second kappa shape index (κ2) is 10.3. The summed E-state index contributed by atoms with van der Waals surface area (Å²) in [6, 6.07) is 15.9. The molecular weight excluding hydrogens is 436 g/mol. The second-order valence-electron chi connectivity index (χ2n) is 8.77. The van der Waals surface area contributed by atoms with Gasteiger partial charge in [0.15, 0.2) is 0 Å². The van der Waals surface area contributed by atoms with Crippen LogP contribution in [0.3, 0.4) is 0 Å².